The van der Waals surface area contributed by atoms with E-state index < -0.39 is 23.5 Å². The van der Waals surface area contributed by atoms with Gasteiger partial charge in [-0.2, -0.15) is 0 Å². The number of amides is 3. The number of carbonyl (C=O) groups excluding carboxylic acids is 2. The lowest BCUT2D eigenvalue weighted by Gasteiger charge is -2.56. The number of urea groups is 1. The Morgan fingerprint density at radius 3 is 2.83 bits per heavy atom. The van der Waals surface area contributed by atoms with E-state index in [2.05, 4.69) is 25.8 Å². The first-order valence-electron chi connectivity index (χ1n) is 10.5. The quantitative estimate of drug-likeness (QED) is 0.223. The summed E-state index contributed by atoms with van der Waals surface area (Å²) in [5.41, 5.74) is 4.66. The number of fused-ring (bicyclic) bond motifs is 1. The molecule has 186 valence electrons. The van der Waals surface area contributed by atoms with Gasteiger partial charge in [0.15, 0.2) is 0 Å². The van der Waals surface area contributed by atoms with Crippen LogP contribution in [0.3, 0.4) is 0 Å². The normalized spacial score (nSPS) is 23.2. The van der Waals surface area contributed by atoms with E-state index in [-0.39, 0.29) is 36.7 Å². The van der Waals surface area contributed by atoms with Gasteiger partial charge in [0.1, 0.15) is 16.8 Å². The van der Waals surface area contributed by atoms with Crippen LogP contribution < -0.4 is 16.0 Å². The molecule has 0 radical (unpaired) electrons. The molecule has 2 unspecified atom stereocenters. The highest BCUT2D eigenvalue weighted by Gasteiger charge is 2.59. The highest BCUT2D eigenvalue weighted by Crippen LogP contribution is 2.46. The summed E-state index contributed by atoms with van der Waals surface area (Å²) >= 11 is 8.06. The molecule has 2 saturated heterocycles. The maximum atomic E-state index is 13.2. The maximum absolute atomic E-state index is 13.2. The molecular formula is C19H23N9O4S3. The van der Waals surface area contributed by atoms with Crippen molar-refractivity contribution >= 4 is 64.3 Å². The fraction of sp³-hybridized carbons (Fsp3) is 0.474. The SMILES string of the molecule is CC(=S)N(c1ccncc1)C1C(=O)N2CC(CSc3nnnn3CCNC(N)=O)(C(=O)O)CS[C@H]12. The van der Waals surface area contributed by atoms with Crippen LogP contribution in [0.25, 0.3) is 0 Å². The molecule has 13 nitrogen and oxygen atoms in total. The summed E-state index contributed by atoms with van der Waals surface area (Å²) in [7, 11) is 0. The van der Waals surface area contributed by atoms with Gasteiger partial charge in [-0.05, 0) is 29.5 Å². The second-order valence-electron chi connectivity index (χ2n) is 8.06. The molecule has 0 bridgehead atoms. The Hall–Kier alpha value is -2.98. The van der Waals surface area contributed by atoms with Gasteiger partial charge in [-0.1, -0.05) is 24.0 Å². The maximum Gasteiger partial charge on any atom is 0.313 e. The topological polar surface area (TPSA) is 172 Å². The second kappa shape index (κ2) is 10.3. The summed E-state index contributed by atoms with van der Waals surface area (Å²) in [6, 6.07) is 2.43. The molecule has 4 N–H and O–H groups in total. The molecule has 0 spiro atoms. The molecule has 2 aliphatic rings. The van der Waals surface area contributed by atoms with Crippen LogP contribution in [-0.4, -0.2) is 94.1 Å². The Morgan fingerprint density at radius 1 is 1.43 bits per heavy atom. The van der Waals surface area contributed by atoms with Gasteiger partial charge in [0, 0.05) is 42.7 Å². The van der Waals surface area contributed by atoms with Crippen LogP contribution in [0, 0.1) is 5.41 Å². The van der Waals surface area contributed by atoms with E-state index in [1.165, 1.54) is 28.2 Å². The molecule has 4 heterocycles. The number of primary amides is 1. The number of nitrogens with one attached hydrogen (secondary N) is 1. The Balaban J connectivity index is 1.45. The van der Waals surface area contributed by atoms with E-state index in [1.54, 1.807) is 36.4 Å². The second-order valence-corrected chi connectivity index (χ2v) is 10.7. The minimum Gasteiger partial charge on any atom is -0.481 e. The summed E-state index contributed by atoms with van der Waals surface area (Å²) in [5, 5.41) is 24.2. The van der Waals surface area contributed by atoms with Gasteiger partial charge in [-0.25, -0.2) is 9.48 Å². The van der Waals surface area contributed by atoms with Crippen molar-refractivity contribution in [2.45, 2.75) is 30.0 Å². The van der Waals surface area contributed by atoms with Crippen LogP contribution in [0.4, 0.5) is 10.5 Å². The number of nitrogens with zero attached hydrogens (tertiary/aromatic N) is 7. The van der Waals surface area contributed by atoms with Crippen LogP contribution >= 0.6 is 35.7 Å². The van der Waals surface area contributed by atoms with Crippen molar-refractivity contribution in [2.24, 2.45) is 11.1 Å². The lowest BCUT2D eigenvalue weighted by atomic mass is 9.89. The number of carboxylic acid groups (broad SMARTS) is 1. The van der Waals surface area contributed by atoms with Gasteiger partial charge in [0.2, 0.25) is 11.1 Å². The molecule has 16 heteroatoms. The number of hydrogen-bond donors (Lipinski definition) is 3. The Bertz CT molecular complexity index is 1130. The number of thiocarbonyl (C=S) groups is 1. The Morgan fingerprint density at radius 2 is 2.17 bits per heavy atom. The van der Waals surface area contributed by atoms with Gasteiger partial charge in [0.05, 0.1) is 11.5 Å². The average molecular weight is 538 g/mol. The van der Waals surface area contributed by atoms with E-state index in [9.17, 15) is 19.5 Å². The molecule has 3 atom stereocenters. The van der Waals surface area contributed by atoms with Gasteiger partial charge in [-0.15, -0.1) is 16.9 Å². The number of pyridine rings is 1. The summed E-state index contributed by atoms with van der Waals surface area (Å²) in [6.07, 6.45) is 3.28. The van der Waals surface area contributed by atoms with Crippen LogP contribution in [0.2, 0.25) is 0 Å². The van der Waals surface area contributed by atoms with Gasteiger partial charge in [0.25, 0.3) is 0 Å². The van der Waals surface area contributed by atoms with Crippen LogP contribution in [-0.2, 0) is 16.1 Å². The molecule has 0 aromatic carbocycles. The molecule has 0 aliphatic carbocycles. The standard InChI is InChI=1S/C19H23N9O4S3/c1-11(33)28(12-2-4-21-5-3-12)13-14(29)26-8-19(16(30)31,9-34-15(13)26)10-35-18-23-24-25-27(18)7-6-22-17(20)32/h2-5,13,15H,6-10H2,1H3,(H,30,31)(H3,20,22,32)/t13?,15-,19?/m1/s1. The monoisotopic (exact) mass is 537 g/mol. The minimum absolute atomic E-state index is 0.0772. The fourth-order valence-corrected chi connectivity index (χ4v) is 6.99. The summed E-state index contributed by atoms with van der Waals surface area (Å²) in [4.78, 5) is 44.4. The molecule has 0 saturated carbocycles. The first-order chi connectivity index (χ1) is 16.7. The van der Waals surface area contributed by atoms with Crippen molar-refractivity contribution in [3.05, 3.63) is 24.5 Å². The first kappa shape index (κ1) is 25.1. The van der Waals surface area contributed by atoms with E-state index >= 15 is 0 Å². The van der Waals surface area contributed by atoms with Crippen molar-refractivity contribution in [2.75, 3.05) is 29.5 Å². The zero-order valence-corrected chi connectivity index (χ0v) is 21.1. The van der Waals surface area contributed by atoms with Crippen molar-refractivity contribution in [1.29, 1.82) is 0 Å². The fourth-order valence-electron chi connectivity index (χ4n) is 3.96. The number of carbonyl (C=O) groups is 3. The van der Waals surface area contributed by atoms with E-state index in [0.717, 1.165) is 5.69 Å². The predicted octanol–water partition coefficient (Wildman–Crippen LogP) is 0.0371. The number of carboxylic acids is 1. The zero-order chi connectivity index (χ0) is 25.2. The number of hydrogen-bond acceptors (Lipinski definition) is 10. The number of aromatic nitrogens is 5. The third-order valence-corrected chi connectivity index (χ3v) is 8.75. The highest BCUT2D eigenvalue weighted by molar-refractivity contribution is 8.00. The van der Waals surface area contributed by atoms with Gasteiger partial charge in [-0.3, -0.25) is 14.6 Å². The molecular weight excluding hydrogens is 514 g/mol. The molecule has 35 heavy (non-hydrogen) atoms. The average Bonchev–Trinajstić information content (AvgIpc) is 3.28. The minimum atomic E-state index is -1.18. The molecule has 2 fully saturated rings. The van der Waals surface area contributed by atoms with Crippen LogP contribution in [0.5, 0.6) is 0 Å². The van der Waals surface area contributed by atoms with E-state index in [4.69, 9.17) is 18.0 Å². The third kappa shape index (κ3) is 5.04. The molecule has 4 rings (SSSR count). The Kier molecular flexibility index (Phi) is 7.42. The lowest BCUT2D eigenvalue weighted by molar-refractivity contribution is -0.155. The largest absolute Gasteiger partial charge is 0.481 e. The van der Waals surface area contributed by atoms with E-state index in [0.29, 0.717) is 15.9 Å². The van der Waals surface area contributed by atoms with Gasteiger partial charge >= 0.3 is 12.0 Å². The van der Waals surface area contributed by atoms with Gasteiger partial charge < -0.3 is 26.0 Å². The highest BCUT2D eigenvalue weighted by atomic mass is 32.2. The number of tetrazole rings is 1. The van der Waals surface area contributed by atoms with E-state index in [1.807, 2.05) is 4.90 Å². The van der Waals surface area contributed by atoms with Crippen molar-refractivity contribution in [3.8, 4) is 0 Å². The summed E-state index contributed by atoms with van der Waals surface area (Å²) in [5.74, 6) is -0.675. The summed E-state index contributed by atoms with van der Waals surface area (Å²) < 4.78 is 1.47. The first-order valence-corrected chi connectivity index (χ1v) is 13.0. The zero-order valence-electron chi connectivity index (χ0n) is 18.6. The number of aliphatic carboxylic acids is 1. The number of β-lactam (4-membered cyclic amide) rings is 1. The number of nitrogens with two attached hydrogens (primary N) is 1. The van der Waals surface area contributed by atoms with Crippen molar-refractivity contribution in [3.63, 3.8) is 0 Å². The van der Waals surface area contributed by atoms with Crippen molar-refractivity contribution < 1.29 is 19.5 Å². The number of thioether (sulfide) groups is 2. The number of rotatable bonds is 9. The third-order valence-electron chi connectivity index (χ3n) is 5.73. The smallest absolute Gasteiger partial charge is 0.313 e. The predicted molar refractivity (Wildman–Crippen MR) is 133 cm³/mol. The molecule has 2 aromatic heterocycles. The lowest BCUT2D eigenvalue weighted by Crippen LogP contribution is -2.74. The number of anilines is 1. The van der Waals surface area contributed by atoms with Crippen LogP contribution in [0.15, 0.2) is 29.7 Å². The molecule has 2 aliphatic heterocycles. The molecule has 2 aromatic rings. The summed E-state index contributed by atoms with van der Waals surface area (Å²) in [6.45, 7) is 2.35. The van der Waals surface area contributed by atoms with Crippen molar-refractivity contribution in [1.82, 2.24) is 35.4 Å². The Labute approximate surface area is 214 Å². The van der Waals surface area contributed by atoms with Crippen LogP contribution in [0.1, 0.15) is 6.92 Å². The molecule has 3 amide bonds.